The monoisotopic (exact) mass is 669 g/mol. The SMILES string of the molecule is C[C@]12CC[C@@H]3c4ccc(OS([O])=O)cc4C[C@@H](CCCCCCCCCS(=O)CCCC(F)(F)C(F)(F)F)[C@H]3[C@@H]1CC[C@@H]2O. The molecule has 0 heterocycles. The molecule has 3 aliphatic carbocycles. The van der Waals surface area contributed by atoms with Gasteiger partial charge in [0.25, 0.3) is 0 Å². The Labute approximate surface area is 263 Å². The van der Waals surface area contributed by atoms with Gasteiger partial charge in [0.15, 0.2) is 0 Å². The van der Waals surface area contributed by atoms with E-state index in [9.17, 15) is 40.0 Å². The quantitative estimate of drug-likeness (QED) is 0.142. The molecule has 44 heavy (non-hydrogen) atoms. The molecule has 2 saturated carbocycles. The minimum atomic E-state index is -5.56. The number of aliphatic hydroxyl groups excluding tert-OH is 1. The molecule has 0 saturated heterocycles. The molecule has 0 amide bonds. The summed E-state index contributed by atoms with van der Waals surface area (Å²) >= 11 is -2.62. The zero-order chi connectivity index (χ0) is 32.1. The summed E-state index contributed by atoms with van der Waals surface area (Å²) < 4.78 is 102. The van der Waals surface area contributed by atoms with Crippen molar-refractivity contribution in [3.8, 4) is 5.75 Å². The van der Waals surface area contributed by atoms with Crippen molar-refractivity contribution >= 4 is 22.2 Å². The van der Waals surface area contributed by atoms with Crippen LogP contribution in [0.5, 0.6) is 5.75 Å². The topological polar surface area (TPSA) is 83.5 Å². The number of halogens is 5. The van der Waals surface area contributed by atoms with Crippen molar-refractivity contribution in [1.82, 2.24) is 0 Å². The molecule has 1 aromatic rings. The van der Waals surface area contributed by atoms with E-state index in [4.69, 9.17) is 4.18 Å². The van der Waals surface area contributed by atoms with E-state index in [0.29, 0.717) is 41.6 Å². The molecule has 1 aromatic carbocycles. The van der Waals surface area contributed by atoms with Gasteiger partial charge in [0.2, 0.25) is 0 Å². The lowest BCUT2D eigenvalue weighted by Crippen LogP contribution is -2.47. The lowest BCUT2D eigenvalue weighted by atomic mass is 9.52. The molecule has 5 nitrogen and oxygen atoms in total. The number of alkyl halides is 5. The molecule has 1 N–H and O–H groups in total. The second kappa shape index (κ2) is 15.2. The summed E-state index contributed by atoms with van der Waals surface area (Å²) in [5, 5.41) is 10.9. The van der Waals surface area contributed by atoms with Gasteiger partial charge in [-0.15, -0.1) is 0 Å². The third-order valence-electron chi connectivity index (χ3n) is 10.7. The van der Waals surface area contributed by atoms with Crippen molar-refractivity contribution in [2.75, 3.05) is 11.5 Å². The van der Waals surface area contributed by atoms with E-state index in [2.05, 4.69) is 6.92 Å². The van der Waals surface area contributed by atoms with E-state index in [1.165, 1.54) is 11.1 Å². The highest BCUT2D eigenvalue weighted by Crippen LogP contribution is 2.62. The molecule has 0 aliphatic heterocycles. The van der Waals surface area contributed by atoms with E-state index in [1.54, 1.807) is 6.07 Å². The van der Waals surface area contributed by atoms with Gasteiger partial charge >= 0.3 is 23.5 Å². The first-order chi connectivity index (χ1) is 20.7. The Balaban J connectivity index is 1.20. The van der Waals surface area contributed by atoms with E-state index >= 15 is 0 Å². The van der Waals surface area contributed by atoms with Crippen LogP contribution < -0.4 is 4.18 Å². The maximum Gasteiger partial charge on any atom is 0.453 e. The van der Waals surface area contributed by atoms with E-state index in [1.807, 2.05) is 12.1 Å². The fourth-order valence-corrected chi connectivity index (χ4v) is 9.86. The van der Waals surface area contributed by atoms with Crippen molar-refractivity contribution in [2.24, 2.45) is 23.2 Å². The summed E-state index contributed by atoms with van der Waals surface area (Å²) in [5.41, 5.74) is 2.43. The summed E-state index contributed by atoms with van der Waals surface area (Å²) in [4.78, 5) is 0. The third-order valence-corrected chi connectivity index (χ3v) is 12.5. The second-order valence-corrected chi connectivity index (χ2v) is 15.7. The first-order valence-corrected chi connectivity index (χ1v) is 18.6. The summed E-state index contributed by atoms with van der Waals surface area (Å²) in [6.45, 7) is 2.26. The van der Waals surface area contributed by atoms with E-state index in [0.717, 1.165) is 77.0 Å². The summed E-state index contributed by atoms with van der Waals surface area (Å²) in [7, 11) is -1.38. The first-order valence-electron chi connectivity index (χ1n) is 16.1. The standard InChI is InChI=1S/C32H46F5O5S2/c1-30-17-15-26-25-12-11-24(42-44(40)41)21-23(25)20-22(29(26)27(30)13-14-28(30)38)10-7-5-3-2-4-6-8-18-43(39)19-9-16-31(33,34)32(35,36)37/h11-12,21-22,26-29,38H,2-10,13-20H2,1H3/t22-,26-,27+,28+,29-,30+,43?/m1/s1. The van der Waals surface area contributed by atoms with Gasteiger partial charge in [-0.3, -0.25) is 4.21 Å². The molecule has 4 rings (SSSR count). The van der Waals surface area contributed by atoms with Crippen LogP contribution in [0.2, 0.25) is 0 Å². The predicted molar refractivity (Wildman–Crippen MR) is 160 cm³/mol. The molecule has 0 aromatic heterocycles. The van der Waals surface area contributed by atoms with Gasteiger partial charge in [0.05, 0.1) is 6.10 Å². The Kier molecular flexibility index (Phi) is 12.3. The van der Waals surface area contributed by atoms with Gasteiger partial charge < -0.3 is 9.29 Å². The Morgan fingerprint density at radius 1 is 0.932 bits per heavy atom. The van der Waals surface area contributed by atoms with Crippen LogP contribution >= 0.6 is 0 Å². The number of benzene rings is 1. The molecule has 8 atom stereocenters. The minimum Gasteiger partial charge on any atom is -0.393 e. The van der Waals surface area contributed by atoms with Crippen molar-refractivity contribution in [3.63, 3.8) is 0 Å². The molecule has 3 aliphatic rings. The Morgan fingerprint density at radius 3 is 2.27 bits per heavy atom. The fraction of sp³-hybridized carbons (Fsp3) is 0.812. The molecule has 0 spiro atoms. The van der Waals surface area contributed by atoms with Gasteiger partial charge in [-0.25, -0.2) is 0 Å². The van der Waals surface area contributed by atoms with Crippen LogP contribution in [-0.4, -0.2) is 43.2 Å². The molecule has 2 fully saturated rings. The van der Waals surface area contributed by atoms with Crippen LogP contribution in [-0.2, 0) is 33.1 Å². The number of aliphatic hydroxyl groups is 1. The zero-order valence-electron chi connectivity index (χ0n) is 25.4. The van der Waals surface area contributed by atoms with E-state index in [-0.39, 0.29) is 17.3 Å². The van der Waals surface area contributed by atoms with Crippen molar-refractivity contribution in [3.05, 3.63) is 29.3 Å². The average molecular weight is 670 g/mol. The summed E-state index contributed by atoms with van der Waals surface area (Å²) in [6.07, 6.45) is 5.10. The highest BCUT2D eigenvalue weighted by atomic mass is 32.2. The maximum absolute atomic E-state index is 13.0. The zero-order valence-corrected chi connectivity index (χ0v) is 27.1. The van der Waals surface area contributed by atoms with Crippen LogP contribution in [0.4, 0.5) is 22.0 Å². The van der Waals surface area contributed by atoms with Gasteiger partial charge in [0, 0.05) is 28.7 Å². The van der Waals surface area contributed by atoms with Crippen molar-refractivity contribution in [2.45, 2.75) is 127 Å². The third kappa shape index (κ3) is 8.62. The van der Waals surface area contributed by atoms with Crippen LogP contribution in [0.1, 0.15) is 114 Å². The number of rotatable bonds is 16. The van der Waals surface area contributed by atoms with Gasteiger partial charge in [0.1, 0.15) is 5.75 Å². The predicted octanol–water partition coefficient (Wildman–Crippen LogP) is 8.37. The summed E-state index contributed by atoms with van der Waals surface area (Å²) in [5.74, 6) is -2.34. The van der Waals surface area contributed by atoms with Gasteiger partial charge in [-0.1, -0.05) is 56.1 Å². The maximum atomic E-state index is 13.0. The Bertz CT molecular complexity index is 1150. The Hall–Kier alpha value is -1.11. The molecule has 1 radical (unpaired) electrons. The van der Waals surface area contributed by atoms with Crippen LogP contribution in [0, 0.1) is 23.2 Å². The highest BCUT2D eigenvalue weighted by molar-refractivity contribution is 7.84. The second-order valence-electron chi connectivity index (χ2n) is 13.5. The van der Waals surface area contributed by atoms with Crippen LogP contribution in [0.3, 0.4) is 0 Å². The number of fused-ring (bicyclic) bond motifs is 5. The lowest BCUT2D eigenvalue weighted by Gasteiger charge is -2.53. The van der Waals surface area contributed by atoms with Crippen molar-refractivity contribution < 1.29 is 44.2 Å². The molecule has 251 valence electrons. The smallest absolute Gasteiger partial charge is 0.393 e. The normalized spacial score (nSPS) is 29.9. The fourth-order valence-electron chi connectivity index (χ4n) is 8.40. The largest absolute Gasteiger partial charge is 0.453 e. The minimum absolute atomic E-state index is 0.0444. The first kappa shape index (κ1) is 35.7. The molecule has 12 heteroatoms. The van der Waals surface area contributed by atoms with E-state index < -0.39 is 47.1 Å². The van der Waals surface area contributed by atoms with Crippen LogP contribution in [0.15, 0.2) is 18.2 Å². The highest BCUT2D eigenvalue weighted by Gasteiger charge is 2.57. The Morgan fingerprint density at radius 2 is 1.59 bits per heavy atom. The number of unbranched alkanes of at least 4 members (excludes halogenated alkanes) is 6. The van der Waals surface area contributed by atoms with Gasteiger partial charge in [-0.2, -0.15) is 26.2 Å². The number of hydrogen-bond donors (Lipinski definition) is 1. The lowest BCUT2D eigenvalue weighted by molar-refractivity contribution is -0.284. The molecular weight excluding hydrogens is 623 g/mol. The van der Waals surface area contributed by atoms with Crippen molar-refractivity contribution in [1.29, 1.82) is 0 Å². The molecule has 2 unspecified atom stereocenters. The van der Waals surface area contributed by atoms with Crippen LogP contribution in [0.25, 0.3) is 0 Å². The molecule has 0 bridgehead atoms. The summed E-state index contributed by atoms with van der Waals surface area (Å²) in [6, 6.07) is 5.68. The number of hydrogen-bond acceptors (Lipinski definition) is 4. The molecular formula is C32H46F5O5S2. The average Bonchev–Trinajstić information content (AvgIpc) is 3.24. The van der Waals surface area contributed by atoms with Gasteiger partial charge in [-0.05, 0) is 104 Å².